The molecule has 9 heteroatoms. The van der Waals surface area contributed by atoms with Crippen LogP contribution in [-0.2, 0) is 10.2 Å². The van der Waals surface area contributed by atoms with Crippen molar-refractivity contribution < 1.29 is 19.4 Å². The predicted molar refractivity (Wildman–Crippen MR) is 141 cm³/mol. The van der Waals surface area contributed by atoms with Crippen molar-refractivity contribution in [3.8, 4) is 6.07 Å². The van der Waals surface area contributed by atoms with E-state index in [1.54, 1.807) is 36.4 Å². The van der Waals surface area contributed by atoms with E-state index in [-0.39, 0.29) is 23.6 Å². The van der Waals surface area contributed by atoms with E-state index in [9.17, 15) is 15.2 Å². The van der Waals surface area contributed by atoms with E-state index in [0.717, 1.165) is 25.7 Å². The lowest BCUT2D eigenvalue weighted by molar-refractivity contribution is -0.123. The quantitative estimate of drug-likeness (QED) is 0.371. The van der Waals surface area contributed by atoms with Crippen LogP contribution in [0, 0.1) is 23.1 Å². The van der Waals surface area contributed by atoms with Crippen LogP contribution in [0.25, 0.3) is 0 Å². The molecule has 0 bridgehead atoms. The summed E-state index contributed by atoms with van der Waals surface area (Å²) in [6.45, 7) is -0.289. The molecule has 2 aliphatic rings. The van der Waals surface area contributed by atoms with Crippen molar-refractivity contribution in [2.75, 3.05) is 13.2 Å². The second-order valence-corrected chi connectivity index (χ2v) is 11.0. The Morgan fingerprint density at radius 3 is 2.57 bits per heavy atom. The molecule has 1 aliphatic carbocycles. The molecule has 2 fully saturated rings. The Bertz CT molecular complexity index is 1140. The Hall–Kier alpha value is -2.21. The van der Waals surface area contributed by atoms with Gasteiger partial charge in [0.2, 0.25) is 5.91 Å². The molecule has 4 unspecified atom stereocenters. The minimum Gasteiger partial charge on any atom is -0.394 e. The van der Waals surface area contributed by atoms with Crippen LogP contribution in [0.3, 0.4) is 0 Å². The van der Waals surface area contributed by atoms with Gasteiger partial charge in [-0.25, -0.2) is 4.39 Å². The number of halogens is 3. The Morgan fingerprint density at radius 1 is 1.22 bits per heavy atom. The first-order chi connectivity index (χ1) is 17.8. The van der Waals surface area contributed by atoms with Crippen molar-refractivity contribution in [2.24, 2.45) is 5.92 Å². The highest BCUT2D eigenvalue weighted by Crippen LogP contribution is 2.52. The molecule has 2 aromatic carbocycles. The van der Waals surface area contributed by atoms with E-state index in [1.807, 2.05) is 0 Å². The number of aliphatic hydroxyl groups is 2. The largest absolute Gasteiger partial charge is 0.394 e. The first kappa shape index (κ1) is 27.8. The number of hydrogen-bond donors (Lipinski definition) is 4. The molecule has 37 heavy (non-hydrogen) atoms. The van der Waals surface area contributed by atoms with E-state index in [4.69, 9.17) is 28.3 Å². The molecule has 0 aromatic heterocycles. The van der Waals surface area contributed by atoms with Crippen molar-refractivity contribution in [3.63, 3.8) is 0 Å². The molecular weight excluding hydrogens is 516 g/mol. The number of nitriles is 1. The van der Waals surface area contributed by atoms with Crippen molar-refractivity contribution in [3.05, 3.63) is 69.5 Å². The zero-order valence-electron chi connectivity index (χ0n) is 20.5. The summed E-state index contributed by atoms with van der Waals surface area (Å²) in [6.07, 6.45) is 4.22. The van der Waals surface area contributed by atoms with Gasteiger partial charge in [-0.15, -0.1) is 0 Å². The number of nitrogens with zero attached hydrogens (tertiary/aromatic N) is 1. The molecule has 0 spiro atoms. The Morgan fingerprint density at radius 2 is 1.92 bits per heavy atom. The zero-order chi connectivity index (χ0) is 26.6. The van der Waals surface area contributed by atoms with Crippen molar-refractivity contribution in [2.45, 2.75) is 68.0 Å². The van der Waals surface area contributed by atoms with E-state index < -0.39 is 47.9 Å². The van der Waals surface area contributed by atoms with Gasteiger partial charge in [-0.3, -0.25) is 4.79 Å². The fraction of sp³-hybridized carbons (Fsp3) is 0.500. The molecule has 0 radical (unpaired) electrons. The molecule has 1 saturated heterocycles. The highest BCUT2D eigenvalue weighted by Gasteiger charge is 2.60. The van der Waals surface area contributed by atoms with Gasteiger partial charge in [0.25, 0.3) is 0 Å². The fourth-order valence-corrected chi connectivity index (χ4v) is 6.36. The van der Waals surface area contributed by atoms with Crippen molar-refractivity contribution in [1.29, 1.82) is 5.26 Å². The maximum Gasteiger partial charge on any atom is 0.237 e. The average molecular weight is 548 g/mol. The van der Waals surface area contributed by atoms with Gasteiger partial charge in [0, 0.05) is 23.5 Å². The van der Waals surface area contributed by atoms with Crippen molar-refractivity contribution in [1.82, 2.24) is 10.6 Å². The van der Waals surface area contributed by atoms with Crippen LogP contribution >= 0.6 is 23.2 Å². The van der Waals surface area contributed by atoms with Gasteiger partial charge in [0.1, 0.15) is 11.2 Å². The van der Waals surface area contributed by atoms with Gasteiger partial charge in [0.15, 0.2) is 0 Å². The standard InChI is InChI=1S/C28H32Cl2FN3O3/c29-19-10-8-18(9-11-19)28(16-32)23(14-17-4-1-2-5-17)34-26(27(37)33-13-12-20(36)15-35)24(28)21-6-3-7-22(30)25(21)31/h3,6-11,17,20,23-24,26,34-36H,1-2,4-5,12-15H2,(H,33,37)/t20-,23?,24?,26?,28?/m0/s1. The summed E-state index contributed by atoms with van der Waals surface area (Å²) in [5, 5.41) is 36.3. The van der Waals surface area contributed by atoms with Gasteiger partial charge in [-0.05, 0) is 48.1 Å². The summed E-state index contributed by atoms with van der Waals surface area (Å²) in [5.74, 6) is -1.55. The molecule has 1 aliphatic heterocycles. The molecule has 6 nitrogen and oxygen atoms in total. The van der Waals surface area contributed by atoms with Crippen LogP contribution in [0.15, 0.2) is 42.5 Å². The Balaban J connectivity index is 1.82. The molecule has 2 aromatic rings. The maximum absolute atomic E-state index is 15.6. The number of carbonyl (C=O) groups is 1. The molecule has 1 heterocycles. The lowest BCUT2D eigenvalue weighted by Crippen LogP contribution is -2.46. The lowest BCUT2D eigenvalue weighted by Gasteiger charge is -2.36. The lowest BCUT2D eigenvalue weighted by atomic mass is 9.63. The smallest absolute Gasteiger partial charge is 0.237 e. The van der Waals surface area contributed by atoms with E-state index in [1.165, 1.54) is 6.07 Å². The third-order valence-corrected chi connectivity index (χ3v) is 8.44. The summed E-state index contributed by atoms with van der Waals surface area (Å²) in [7, 11) is 0. The van der Waals surface area contributed by atoms with Crippen LogP contribution in [-0.4, -0.2) is 47.5 Å². The minimum absolute atomic E-state index is 0.0788. The number of nitrogens with one attached hydrogen (secondary N) is 2. The van der Waals surface area contributed by atoms with Gasteiger partial charge < -0.3 is 20.8 Å². The number of carbonyl (C=O) groups excluding carboxylic acids is 1. The molecule has 4 rings (SSSR count). The first-order valence-corrected chi connectivity index (χ1v) is 13.5. The predicted octanol–water partition coefficient (Wildman–Crippen LogP) is 4.46. The summed E-state index contributed by atoms with van der Waals surface area (Å²) in [4.78, 5) is 13.6. The average Bonchev–Trinajstić information content (AvgIpc) is 3.52. The summed E-state index contributed by atoms with van der Waals surface area (Å²) in [6, 6.07) is 12.8. The number of hydrogen-bond acceptors (Lipinski definition) is 5. The summed E-state index contributed by atoms with van der Waals surface area (Å²) in [5.41, 5.74) is -0.419. The van der Waals surface area contributed by atoms with Crippen LogP contribution in [0.1, 0.15) is 55.6 Å². The van der Waals surface area contributed by atoms with Gasteiger partial charge in [-0.2, -0.15) is 5.26 Å². The topological polar surface area (TPSA) is 105 Å². The van der Waals surface area contributed by atoms with E-state index in [2.05, 4.69) is 16.7 Å². The van der Waals surface area contributed by atoms with Crippen LogP contribution < -0.4 is 10.6 Å². The Kier molecular flexibility index (Phi) is 9.10. The zero-order valence-corrected chi connectivity index (χ0v) is 22.0. The third kappa shape index (κ3) is 5.64. The highest BCUT2D eigenvalue weighted by atomic mass is 35.5. The number of benzene rings is 2. The first-order valence-electron chi connectivity index (χ1n) is 12.8. The Labute approximate surface area is 226 Å². The maximum atomic E-state index is 15.6. The van der Waals surface area contributed by atoms with Gasteiger partial charge in [0.05, 0.1) is 29.8 Å². The normalized spacial score (nSPS) is 26.6. The van der Waals surface area contributed by atoms with Crippen molar-refractivity contribution >= 4 is 29.1 Å². The van der Waals surface area contributed by atoms with Crippen LogP contribution in [0.4, 0.5) is 4.39 Å². The van der Waals surface area contributed by atoms with Gasteiger partial charge in [-0.1, -0.05) is 73.2 Å². The molecule has 4 N–H and O–H groups in total. The van der Waals surface area contributed by atoms with E-state index >= 15 is 4.39 Å². The van der Waals surface area contributed by atoms with Gasteiger partial charge >= 0.3 is 0 Å². The summed E-state index contributed by atoms with van der Waals surface area (Å²) >= 11 is 12.4. The molecule has 5 atom stereocenters. The number of aliphatic hydroxyl groups excluding tert-OH is 2. The molecular formula is C28H32Cl2FN3O3. The molecule has 1 saturated carbocycles. The molecule has 198 valence electrons. The second kappa shape index (κ2) is 12.1. The SMILES string of the molecule is N#CC1(c2ccc(Cl)cc2)C(CC2CCCC2)NC(C(=O)NCC[C@H](O)CO)C1c1cccc(Cl)c1F. The third-order valence-electron chi connectivity index (χ3n) is 7.89. The highest BCUT2D eigenvalue weighted by molar-refractivity contribution is 6.31. The monoisotopic (exact) mass is 547 g/mol. The van der Waals surface area contributed by atoms with Crippen LogP contribution in [0.2, 0.25) is 10.0 Å². The molecule has 1 amide bonds. The van der Waals surface area contributed by atoms with Crippen LogP contribution in [0.5, 0.6) is 0 Å². The number of amides is 1. The minimum atomic E-state index is -1.27. The fourth-order valence-electron chi connectivity index (χ4n) is 6.05. The second-order valence-electron chi connectivity index (χ2n) is 10.1. The summed E-state index contributed by atoms with van der Waals surface area (Å²) < 4.78 is 15.6. The van der Waals surface area contributed by atoms with E-state index in [0.29, 0.717) is 22.9 Å². The number of rotatable bonds is 9.